The van der Waals surface area contributed by atoms with Gasteiger partial charge < -0.3 is 39.5 Å². The number of para-hydroxylation sites is 10. The van der Waals surface area contributed by atoms with E-state index in [9.17, 15) is 17.6 Å². The molecule has 0 aliphatic carbocycles. The number of anilines is 8. The first-order chi connectivity index (χ1) is 68.9. The molecule has 4 N–H and O–H groups in total. The summed E-state index contributed by atoms with van der Waals surface area (Å²) >= 11 is 0. The number of nitrogens with zero attached hydrogens (tertiary/aromatic N) is 4. The Hall–Kier alpha value is -18.3. The summed E-state index contributed by atoms with van der Waals surface area (Å²) in [6, 6.07) is 174. The van der Waals surface area contributed by atoms with E-state index >= 15 is 0 Å². The molecule has 21 aromatic carbocycles. The van der Waals surface area contributed by atoms with Gasteiger partial charge in [-0.3, -0.25) is 0 Å². The van der Waals surface area contributed by atoms with E-state index in [1.54, 1.807) is 16.7 Å². The van der Waals surface area contributed by atoms with Crippen LogP contribution in [0.4, 0.5) is 63.1 Å². The highest BCUT2D eigenvalue weighted by atomic mass is 19.4. The number of aryl methyl sites for hydroxylation is 1. The quantitative estimate of drug-likeness (QED) is 0.0686. The molecule has 25 aromatic rings. The number of nitrogens with one attached hydrogen (secondary N) is 4. The monoisotopic (exact) mass is 1820 g/mol. The normalized spacial score (nSPS) is 11.3. The third kappa shape index (κ3) is 18.1. The number of rotatable bonds is 17. The van der Waals surface area contributed by atoms with Crippen LogP contribution in [0.1, 0.15) is 11.1 Å². The highest BCUT2D eigenvalue weighted by Gasteiger charge is 2.35. The van der Waals surface area contributed by atoms with E-state index in [0.717, 1.165) is 117 Å². The Morgan fingerprint density at radius 3 is 0.779 bits per heavy atom. The third-order valence-corrected chi connectivity index (χ3v) is 25.8. The fourth-order valence-electron chi connectivity index (χ4n) is 19.2. The van der Waals surface area contributed by atoms with Gasteiger partial charge in [0.25, 0.3) is 0 Å². The van der Waals surface area contributed by atoms with Crippen LogP contribution in [0.5, 0.6) is 0 Å². The molecule has 0 spiro atoms. The lowest BCUT2D eigenvalue weighted by atomic mass is 10.0. The summed E-state index contributed by atoms with van der Waals surface area (Å²) in [4.78, 5) is 0. The second-order valence-electron chi connectivity index (χ2n) is 34.8. The number of hydrogen-bond donors (Lipinski definition) is 4. The molecule has 0 fully saturated rings. The minimum absolute atomic E-state index is 0.125. The molecule has 140 heavy (non-hydrogen) atoms. The molecule has 0 aliphatic heterocycles. The fourth-order valence-corrected chi connectivity index (χ4v) is 19.2. The number of benzene rings is 21. The molecule has 4 heterocycles. The van der Waals surface area contributed by atoms with Gasteiger partial charge in [-0.2, -0.15) is 13.2 Å². The lowest BCUT2D eigenvalue weighted by Crippen LogP contribution is -2.10. The van der Waals surface area contributed by atoms with Gasteiger partial charge in [-0.05, 0) is 287 Å². The summed E-state index contributed by atoms with van der Waals surface area (Å²) in [7, 11) is 0. The largest absolute Gasteiger partial charge is 0.418 e. The summed E-state index contributed by atoms with van der Waals surface area (Å²) < 4.78 is 64.8. The molecule has 8 nitrogen and oxygen atoms in total. The predicted octanol–water partition coefficient (Wildman–Crippen LogP) is 35.9. The zero-order valence-corrected chi connectivity index (χ0v) is 76.4. The Bertz CT molecular complexity index is 8740. The number of hydrogen-bond acceptors (Lipinski definition) is 4. The Morgan fingerprint density at radius 2 is 0.429 bits per heavy atom. The lowest BCUT2D eigenvalue weighted by molar-refractivity contribution is -0.137. The zero-order chi connectivity index (χ0) is 94.4. The molecule has 0 amide bonds. The third-order valence-electron chi connectivity index (χ3n) is 25.8. The maximum absolute atomic E-state index is 14.7. The van der Waals surface area contributed by atoms with E-state index < -0.39 is 11.7 Å². The van der Waals surface area contributed by atoms with Gasteiger partial charge >= 0.3 is 6.18 Å². The summed E-state index contributed by atoms with van der Waals surface area (Å²) in [6.45, 7) is 2.14. The number of halogens is 4. The van der Waals surface area contributed by atoms with Crippen molar-refractivity contribution in [3.05, 3.63) is 533 Å². The van der Waals surface area contributed by atoms with Gasteiger partial charge in [0, 0.05) is 100.0 Å². The predicted molar refractivity (Wildman–Crippen MR) is 579 cm³/mol. The summed E-state index contributed by atoms with van der Waals surface area (Å²) in [5.74, 6) is -0.231. The summed E-state index contributed by atoms with van der Waals surface area (Å²) in [6.07, 6.45) is -4.45. The molecule has 0 atom stereocenters. The average molecular weight is 1820 g/mol. The van der Waals surface area contributed by atoms with Crippen LogP contribution in [0, 0.1) is 12.7 Å². The lowest BCUT2D eigenvalue weighted by Gasteiger charge is -2.15. The number of alkyl halides is 3. The summed E-state index contributed by atoms with van der Waals surface area (Å²) in [5.41, 5.74) is 32.1. The van der Waals surface area contributed by atoms with E-state index in [0.29, 0.717) is 5.69 Å². The molecule has 672 valence electrons. The van der Waals surface area contributed by atoms with Crippen LogP contribution in [0.3, 0.4) is 0 Å². The average Bonchev–Trinajstić information content (AvgIpc) is 1.58. The molecule has 25 rings (SSSR count). The second kappa shape index (κ2) is 38.6. The molecule has 0 unspecified atom stereocenters. The molecular formula is C128H92F4N8. The first-order valence-electron chi connectivity index (χ1n) is 46.8. The Labute approximate surface area is 808 Å². The minimum atomic E-state index is -4.45. The van der Waals surface area contributed by atoms with Crippen LogP contribution in [0.25, 0.3) is 166 Å². The highest BCUT2D eigenvalue weighted by Crippen LogP contribution is 2.44. The molecular weight excluding hydrogens is 1730 g/mol. The Balaban J connectivity index is 0.000000108. The van der Waals surface area contributed by atoms with E-state index in [-0.39, 0.29) is 11.5 Å². The summed E-state index contributed by atoms with van der Waals surface area (Å²) in [5, 5.41) is 22.8. The van der Waals surface area contributed by atoms with Crippen molar-refractivity contribution in [1.82, 2.24) is 18.3 Å². The molecule has 0 saturated heterocycles. The van der Waals surface area contributed by atoms with Gasteiger partial charge in [0.2, 0.25) is 0 Å². The molecule has 0 aliphatic rings. The van der Waals surface area contributed by atoms with Crippen LogP contribution in [0.15, 0.2) is 516 Å². The van der Waals surface area contributed by atoms with Crippen molar-refractivity contribution in [3.8, 4) is 78.4 Å². The van der Waals surface area contributed by atoms with Gasteiger partial charge in [0.15, 0.2) is 0 Å². The molecule has 0 bridgehead atoms. The minimum Gasteiger partial charge on any atom is -0.356 e. The van der Waals surface area contributed by atoms with Crippen LogP contribution < -0.4 is 21.3 Å². The molecule has 0 radical (unpaired) electrons. The van der Waals surface area contributed by atoms with Crippen molar-refractivity contribution >= 4 is 133 Å². The maximum atomic E-state index is 14.7. The van der Waals surface area contributed by atoms with E-state index in [4.69, 9.17) is 0 Å². The number of fused-ring (bicyclic) bond motifs is 12. The SMILES string of the molecule is Cc1cccc(-n2c3ccccc3c3cc(-c4ccc(Nc5ccccc5)cc4)ccc32)c1.FC(F)(F)c1ccccc1-n1c2ccccc2c2cc(-c3ccc(Nc4ccccc4)cc3)ccc21.Fc1ccccc1-n1c2ccccc2c2cc(-c3ccc(Nc4ccccc4)cc3)ccc21.c1ccc(Nc2ccc(-c3ccc4c(c3)c3ccccc3n4-c3ccc(-c4ccccc4)cc3)cc2)cc1. The first-order valence-corrected chi connectivity index (χ1v) is 46.8. The molecule has 12 heteroatoms. The van der Waals surface area contributed by atoms with Crippen LogP contribution in [-0.4, -0.2) is 18.3 Å². The van der Waals surface area contributed by atoms with Crippen molar-refractivity contribution < 1.29 is 17.6 Å². The van der Waals surface area contributed by atoms with Crippen LogP contribution in [0.2, 0.25) is 0 Å². The van der Waals surface area contributed by atoms with Gasteiger partial charge in [-0.25, -0.2) is 4.39 Å². The van der Waals surface area contributed by atoms with Crippen molar-refractivity contribution in [2.75, 3.05) is 21.3 Å². The van der Waals surface area contributed by atoms with Crippen molar-refractivity contribution in [2.24, 2.45) is 0 Å². The number of aromatic nitrogens is 4. The smallest absolute Gasteiger partial charge is 0.356 e. The standard InChI is InChI=1S/C36H26N2.C31H21F3N2.C31H24N2.C30H21FN2/c1-3-9-26(10-4-1)27-17-22-32(23-18-27)38-35-14-8-7-13-33(35)34-25-29(19-24-36(34)38)28-15-20-31(21-16-28)37-30-11-5-2-6-12-30;32-31(33,34)27-11-5-7-13-30(27)36-28-12-6-4-10-25(28)26-20-22(16-19-29(26)36)21-14-17-24(18-15-21)35-23-8-2-1-3-9-23;1-22-8-7-11-27(20-22)33-30-13-6-5-12-28(30)29-21-24(16-19-31(29)33)23-14-17-26(18-15-23)32-25-9-3-2-4-10-25;31-27-11-5-7-13-30(27)33-28-12-6-4-10-25(28)26-20-22(16-19-29(26)33)21-14-17-24(18-15-21)32-23-8-2-1-3-9-23/h1-25,37H;1-20,35H;2-21,32H,1H3;1-20,32H. The van der Waals surface area contributed by atoms with Gasteiger partial charge in [-0.15, -0.1) is 0 Å². The van der Waals surface area contributed by atoms with Gasteiger partial charge in [0.05, 0.1) is 61.1 Å². The van der Waals surface area contributed by atoms with Crippen molar-refractivity contribution in [3.63, 3.8) is 0 Å². The van der Waals surface area contributed by atoms with Gasteiger partial charge in [-0.1, -0.05) is 297 Å². The van der Waals surface area contributed by atoms with Gasteiger partial charge in [0.1, 0.15) is 5.82 Å². The van der Waals surface area contributed by atoms with Crippen LogP contribution in [-0.2, 0) is 6.18 Å². The Morgan fingerprint density at radius 1 is 0.179 bits per heavy atom. The maximum Gasteiger partial charge on any atom is 0.418 e. The van der Waals surface area contributed by atoms with E-state index in [1.165, 1.54) is 112 Å². The molecule has 0 saturated carbocycles. The van der Waals surface area contributed by atoms with Crippen molar-refractivity contribution in [2.45, 2.75) is 13.1 Å². The topological polar surface area (TPSA) is 67.8 Å². The molecule has 4 aromatic heterocycles. The van der Waals surface area contributed by atoms with Crippen molar-refractivity contribution in [1.29, 1.82) is 0 Å². The van der Waals surface area contributed by atoms with Crippen LogP contribution >= 0.6 is 0 Å². The highest BCUT2D eigenvalue weighted by molar-refractivity contribution is 6.14. The first kappa shape index (κ1) is 87.1. The zero-order valence-electron chi connectivity index (χ0n) is 76.4. The Kier molecular flexibility index (Phi) is 24.0. The second-order valence-corrected chi connectivity index (χ2v) is 34.8. The van der Waals surface area contributed by atoms with E-state index in [1.807, 2.05) is 193 Å². The van der Waals surface area contributed by atoms with E-state index in [2.05, 4.69) is 329 Å². The fraction of sp³-hybridized carbons (Fsp3) is 0.0156.